The van der Waals surface area contributed by atoms with Crippen LogP contribution in [0.15, 0.2) is 23.0 Å². The Balaban J connectivity index is 2.52. The smallest absolute Gasteiger partial charge is 0.342 e. The number of carbonyl (C=O) groups excluding carboxylic acids is 3. The fourth-order valence-corrected chi connectivity index (χ4v) is 4.06. The number of fused-ring (bicyclic) bond motifs is 1. The van der Waals surface area contributed by atoms with Crippen molar-refractivity contribution in [3.05, 3.63) is 23.0 Å². The third kappa shape index (κ3) is 3.41. The average molecular weight is 352 g/mol. The third-order valence-electron chi connectivity index (χ3n) is 5.41. The Labute approximate surface area is 146 Å². The fraction of sp³-hybridized carbons (Fsp3) is 0.611. The molecule has 0 saturated heterocycles. The zero-order valence-corrected chi connectivity index (χ0v) is 15.0. The van der Waals surface area contributed by atoms with Crippen molar-refractivity contribution >= 4 is 17.9 Å². The molecule has 0 aromatic heterocycles. The SMILES string of the molecule is COC(=O)C1=CCC2C(C(=O)OC)CCC2(C)C/C(O)=C\1C(=O)OC. The molecule has 1 fully saturated rings. The maximum Gasteiger partial charge on any atom is 0.342 e. The maximum atomic E-state index is 12.1. The minimum Gasteiger partial charge on any atom is -0.511 e. The molecule has 7 heteroatoms. The topological polar surface area (TPSA) is 99.1 Å². The van der Waals surface area contributed by atoms with Crippen LogP contribution in [0.5, 0.6) is 0 Å². The first-order valence-electron chi connectivity index (χ1n) is 8.16. The first-order valence-corrected chi connectivity index (χ1v) is 8.16. The molecule has 3 atom stereocenters. The van der Waals surface area contributed by atoms with Crippen molar-refractivity contribution in [1.29, 1.82) is 0 Å². The predicted octanol–water partition coefficient (Wildman–Crippen LogP) is 2.07. The molecule has 0 aromatic carbocycles. The number of aliphatic hydroxyl groups excluding tert-OH is 1. The molecular weight excluding hydrogens is 328 g/mol. The Bertz CT molecular complexity index is 646. The van der Waals surface area contributed by atoms with Gasteiger partial charge >= 0.3 is 17.9 Å². The molecule has 2 aliphatic carbocycles. The number of allylic oxidation sites excluding steroid dienone is 2. The number of carbonyl (C=O) groups is 3. The van der Waals surface area contributed by atoms with E-state index in [9.17, 15) is 19.5 Å². The van der Waals surface area contributed by atoms with Crippen molar-refractivity contribution in [2.45, 2.75) is 32.6 Å². The summed E-state index contributed by atoms with van der Waals surface area (Å²) in [5.74, 6) is -2.46. The molecule has 0 amide bonds. The van der Waals surface area contributed by atoms with Crippen LogP contribution in [0.2, 0.25) is 0 Å². The Hall–Kier alpha value is -2.31. The van der Waals surface area contributed by atoms with E-state index < -0.39 is 11.9 Å². The highest BCUT2D eigenvalue weighted by atomic mass is 16.5. The van der Waals surface area contributed by atoms with Gasteiger partial charge in [0.2, 0.25) is 0 Å². The number of esters is 3. The van der Waals surface area contributed by atoms with Crippen LogP contribution in [-0.4, -0.2) is 44.3 Å². The van der Waals surface area contributed by atoms with E-state index in [1.165, 1.54) is 21.3 Å². The van der Waals surface area contributed by atoms with Gasteiger partial charge in [-0.2, -0.15) is 0 Å². The fourth-order valence-electron chi connectivity index (χ4n) is 4.06. The number of hydrogen-bond acceptors (Lipinski definition) is 7. The van der Waals surface area contributed by atoms with E-state index in [2.05, 4.69) is 0 Å². The molecule has 0 aliphatic heterocycles. The molecule has 0 radical (unpaired) electrons. The lowest BCUT2D eigenvalue weighted by Crippen LogP contribution is -2.32. The summed E-state index contributed by atoms with van der Waals surface area (Å²) < 4.78 is 14.4. The van der Waals surface area contributed by atoms with Crippen LogP contribution in [0.25, 0.3) is 0 Å². The largest absolute Gasteiger partial charge is 0.511 e. The summed E-state index contributed by atoms with van der Waals surface area (Å²) in [5, 5.41) is 10.6. The molecule has 1 saturated carbocycles. The highest BCUT2D eigenvalue weighted by molar-refractivity contribution is 6.07. The van der Waals surface area contributed by atoms with Crippen LogP contribution in [0.3, 0.4) is 0 Å². The van der Waals surface area contributed by atoms with Crippen molar-refractivity contribution in [1.82, 2.24) is 0 Å². The van der Waals surface area contributed by atoms with Gasteiger partial charge in [-0.25, -0.2) is 9.59 Å². The molecule has 0 aromatic rings. The molecule has 3 unspecified atom stereocenters. The summed E-state index contributed by atoms with van der Waals surface area (Å²) in [5.41, 5.74) is -0.597. The van der Waals surface area contributed by atoms with Gasteiger partial charge in [-0.3, -0.25) is 4.79 Å². The van der Waals surface area contributed by atoms with Crippen molar-refractivity contribution < 1.29 is 33.7 Å². The van der Waals surface area contributed by atoms with Crippen LogP contribution >= 0.6 is 0 Å². The lowest BCUT2D eigenvalue weighted by molar-refractivity contribution is -0.147. The second kappa shape index (κ2) is 7.29. The van der Waals surface area contributed by atoms with Crippen molar-refractivity contribution in [2.75, 3.05) is 21.3 Å². The van der Waals surface area contributed by atoms with E-state index in [-0.39, 0.29) is 46.5 Å². The quantitative estimate of drug-likeness (QED) is 0.613. The predicted molar refractivity (Wildman–Crippen MR) is 87.3 cm³/mol. The molecule has 0 heterocycles. The molecule has 2 aliphatic rings. The molecule has 25 heavy (non-hydrogen) atoms. The first kappa shape index (κ1) is 19.0. The van der Waals surface area contributed by atoms with Crippen molar-refractivity contribution in [2.24, 2.45) is 17.3 Å². The second-order valence-electron chi connectivity index (χ2n) is 6.76. The first-order chi connectivity index (χ1) is 11.8. The third-order valence-corrected chi connectivity index (χ3v) is 5.41. The number of hydrogen-bond donors (Lipinski definition) is 1. The normalized spacial score (nSPS) is 31.9. The zero-order chi connectivity index (χ0) is 18.8. The van der Waals surface area contributed by atoms with E-state index >= 15 is 0 Å². The number of rotatable bonds is 3. The minimum absolute atomic E-state index is 0.0376. The Morgan fingerprint density at radius 3 is 2.32 bits per heavy atom. The van der Waals surface area contributed by atoms with Crippen LogP contribution in [0, 0.1) is 17.3 Å². The summed E-state index contributed by atoms with van der Waals surface area (Å²) in [4.78, 5) is 36.3. The Morgan fingerprint density at radius 2 is 1.76 bits per heavy atom. The summed E-state index contributed by atoms with van der Waals surface area (Å²) in [6, 6.07) is 0. The molecular formula is C18H24O7. The van der Waals surface area contributed by atoms with Gasteiger partial charge in [-0.15, -0.1) is 0 Å². The monoisotopic (exact) mass is 352 g/mol. The summed E-state index contributed by atoms with van der Waals surface area (Å²) in [7, 11) is 3.73. The maximum absolute atomic E-state index is 12.1. The van der Waals surface area contributed by atoms with Crippen LogP contribution in [0.4, 0.5) is 0 Å². The van der Waals surface area contributed by atoms with Gasteiger partial charge in [0.15, 0.2) is 0 Å². The molecule has 2 rings (SSSR count). The van der Waals surface area contributed by atoms with Crippen LogP contribution in [-0.2, 0) is 28.6 Å². The van der Waals surface area contributed by atoms with E-state index in [1.54, 1.807) is 6.08 Å². The van der Waals surface area contributed by atoms with E-state index in [1.807, 2.05) is 6.92 Å². The van der Waals surface area contributed by atoms with Gasteiger partial charge in [0.1, 0.15) is 11.3 Å². The van der Waals surface area contributed by atoms with E-state index in [0.29, 0.717) is 19.3 Å². The Morgan fingerprint density at radius 1 is 1.12 bits per heavy atom. The summed E-state index contributed by atoms with van der Waals surface area (Å²) in [6.45, 7) is 1.97. The van der Waals surface area contributed by atoms with Gasteiger partial charge in [0.05, 0.1) is 32.8 Å². The van der Waals surface area contributed by atoms with E-state index in [0.717, 1.165) is 0 Å². The second-order valence-corrected chi connectivity index (χ2v) is 6.76. The van der Waals surface area contributed by atoms with E-state index in [4.69, 9.17) is 14.2 Å². The van der Waals surface area contributed by atoms with Gasteiger partial charge in [-0.05, 0) is 30.6 Å². The molecule has 0 bridgehead atoms. The minimum atomic E-state index is -0.793. The average Bonchev–Trinajstić information content (AvgIpc) is 2.90. The molecule has 138 valence electrons. The summed E-state index contributed by atoms with van der Waals surface area (Å²) in [6.07, 6.45) is 3.46. The number of methoxy groups -OCH3 is 3. The van der Waals surface area contributed by atoms with Crippen LogP contribution < -0.4 is 0 Å². The van der Waals surface area contributed by atoms with Gasteiger partial charge < -0.3 is 19.3 Å². The van der Waals surface area contributed by atoms with Crippen LogP contribution in [0.1, 0.15) is 32.6 Å². The van der Waals surface area contributed by atoms with Crippen molar-refractivity contribution in [3.8, 4) is 0 Å². The number of aliphatic hydroxyl groups is 1. The lowest BCUT2D eigenvalue weighted by Gasteiger charge is -2.34. The standard InChI is InChI=1S/C18H24O7/c1-18-8-7-10(15(20)23-2)12(18)6-5-11(16(21)24-3)14(13(19)9-18)17(22)25-4/h5,10,12,19H,6-9H2,1-4H3/b11-5?,14-13-. The summed E-state index contributed by atoms with van der Waals surface area (Å²) >= 11 is 0. The zero-order valence-electron chi connectivity index (χ0n) is 15.0. The molecule has 7 nitrogen and oxygen atoms in total. The highest BCUT2D eigenvalue weighted by Crippen LogP contribution is 2.53. The van der Waals surface area contributed by atoms with Gasteiger partial charge in [0.25, 0.3) is 0 Å². The number of ether oxygens (including phenoxy) is 3. The highest BCUT2D eigenvalue weighted by Gasteiger charge is 2.49. The molecule has 1 N–H and O–H groups in total. The van der Waals surface area contributed by atoms with Gasteiger partial charge in [-0.1, -0.05) is 13.0 Å². The molecule has 0 spiro atoms. The van der Waals surface area contributed by atoms with Crippen molar-refractivity contribution in [3.63, 3.8) is 0 Å². The van der Waals surface area contributed by atoms with Gasteiger partial charge in [0, 0.05) is 6.42 Å². The Kier molecular flexibility index (Phi) is 5.55. The lowest BCUT2D eigenvalue weighted by atomic mass is 9.70.